The minimum atomic E-state index is 0.344. The van der Waals surface area contributed by atoms with E-state index >= 15 is 0 Å². The van der Waals surface area contributed by atoms with Crippen LogP contribution in [-0.4, -0.2) is 25.2 Å². The first-order chi connectivity index (χ1) is 11.9. The molecule has 4 aliphatic heterocycles. The lowest BCUT2D eigenvalue weighted by Crippen LogP contribution is -2.85. The first-order valence-corrected chi connectivity index (χ1v) is 9.43. The number of benzene rings is 2. The van der Waals surface area contributed by atoms with Gasteiger partial charge in [-0.3, -0.25) is 0 Å². The monoisotopic (exact) mass is 316 g/mol. The summed E-state index contributed by atoms with van der Waals surface area (Å²) in [6, 6.07) is 24.0. The molecule has 3 saturated carbocycles. The fourth-order valence-electron chi connectivity index (χ4n) is 7.12. The predicted octanol–water partition coefficient (Wildman–Crippen LogP) is 2.85. The van der Waals surface area contributed by atoms with Crippen molar-refractivity contribution in [3.63, 3.8) is 0 Å². The van der Waals surface area contributed by atoms with E-state index in [0.29, 0.717) is 22.9 Å². The molecule has 122 valence electrons. The van der Waals surface area contributed by atoms with Crippen molar-refractivity contribution in [3.8, 4) is 0 Å². The summed E-state index contributed by atoms with van der Waals surface area (Å²) in [6.45, 7) is 2.38. The van der Waals surface area contributed by atoms with Crippen molar-refractivity contribution in [2.24, 2.45) is 11.8 Å². The molecule has 6 unspecified atom stereocenters. The number of piperidine rings is 4. The number of hydrogen-bond donors (Lipinski definition) is 2. The molecule has 2 heteroatoms. The van der Waals surface area contributed by atoms with E-state index < -0.39 is 0 Å². The van der Waals surface area contributed by atoms with Crippen molar-refractivity contribution in [2.45, 2.75) is 35.8 Å². The van der Waals surface area contributed by atoms with E-state index in [0.717, 1.165) is 11.8 Å². The molecule has 0 amide bonds. The summed E-state index contributed by atoms with van der Waals surface area (Å²) in [5.74, 6) is 1.51. The summed E-state index contributed by atoms with van der Waals surface area (Å²) in [7, 11) is 0. The van der Waals surface area contributed by atoms with Crippen molar-refractivity contribution in [3.05, 3.63) is 71.8 Å². The molecule has 24 heavy (non-hydrogen) atoms. The van der Waals surface area contributed by atoms with E-state index in [1.165, 1.54) is 25.9 Å². The van der Waals surface area contributed by atoms with Crippen LogP contribution >= 0.6 is 0 Å². The lowest BCUT2D eigenvalue weighted by atomic mass is 9.35. The standard InChI is InChI=1S/C22H24N2/c1-3-7-15(8-4-1)21-11-20-22(16-9-5-2-6-10-16)12-19(21)23-14-18(22)17(21)13-24-20/h1-10,17-20,23-24H,11-14H2. The quantitative estimate of drug-likeness (QED) is 0.890. The Kier molecular flexibility index (Phi) is 2.56. The van der Waals surface area contributed by atoms with E-state index in [9.17, 15) is 0 Å². The lowest BCUT2D eigenvalue weighted by molar-refractivity contribution is -0.144. The molecular formula is C22H24N2. The Morgan fingerprint density at radius 2 is 1.04 bits per heavy atom. The molecule has 2 nitrogen and oxygen atoms in total. The van der Waals surface area contributed by atoms with E-state index in [-0.39, 0.29) is 0 Å². The van der Waals surface area contributed by atoms with Gasteiger partial charge in [0.15, 0.2) is 0 Å². The minimum Gasteiger partial charge on any atom is -0.313 e. The second-order valence-electron chi connectivity index (χ2n) is 8.36. The summed E-state index contributed by atoms with van der Waals surface area (Å²) >= 11 is 0. The van der Waals surface area contributed by atoms with Crippen LogP contribution in [0, 0.1) is 11.8 Å². The van der Waals surface area contributed by atoms with Gasteiger partial charge in [-0.05, 0) is 48.9 Å². The van der Waals surface area contributed by atoms with Gasteiger partial charge in [0, 0.05) is 22.9 Å². The zero-order valence-corrected chi connectivity index (χ0v) is 13.9. The van der Waals surface area contributed by atoms with Gasteiger partial charge in [0.2, 0.25) is 0 Å². The molecule has 3 aliphatic carbocycles. The van der Waals surface area contributed by atoms with Crippen LogP contribution in [0.3, 0.4) is 0 Å². The second kappa shape index (κ2) is 4.50. The first-order valence-electron chi connectivity index (χ1n) is 9.43. The normalized spacial score (nSPS) is 44.8. The largest absolute Gasteiger partial charge is 0.313 e. The van der Waals surface area contributed by atoms with Crippen molar-refractivity contribution in [2.75, 3.05) is 13.1 Å². The topological polar surface area (TPSA) is 24.1 Å². The van der Waals surface area contributed by atoms with Gasteiger partial charge in [0.1, 0.15) is 0 Å². The molecule has 9 rings (SSSR count). The molecule has 2 aromatic rings. The van der Waals surface area contributed by atoms with Crippen molar-refractivity contribution >= 4 is 0 Å². The maximum absolute atomic E-state index is 3.94. The van der Waals surface area contributed by atoms with Crippen LogP contribution in [0.1, 0.15) is 24.0 Å². The molecule has 6 atom stereocenters. The van der Waals surface area contributed by atoms with Gasteiger partial charge in [-0.1, -0.05) is 60.7 Å². The maximum Gasteiger partial charge on any atom is 0.0177 e. The molecule has 7 aliphatic rings. The smallest absolute Gasteiger partial charge is 0.0177 e. The number of hydrogen-bond acceptors (Lipinski definition) is 2. The second-order valence-corrected chi connectivity index (χ2v) is 8.36. The third-order valence-corrected chi connectivity index (χ3v) is 7.93. The van der Waals surface area contributed by atoms with Gasteiger partial charge in [-0.15, -0.1) is 0 Å². The molecule has 0 radical (unpaired) electrons. The average molecular weight is 316 g/mol. The van der Waals surface area contributed by atoms with Crippen LogP contribution < -0.4 is 10.6 Å². The number of rotatable bonds is 2. The highest BCUT2D eigenvalue weighted by Gasteiger charge is 2.73. The third-order valence-electron chi connectivity index (χ3n) is 7.93. The molecule has 2 N–H and O–H groups in total. The highest BCUT2D eigenvalue weighted by atomic mass is 15.1. The molecule has 0 spiro atoms. The van der Waals surface area contributed by atoms with Crippen molar-refractivity contribution in [1.82, 2.24) is 10.6 Å². The average Bonchev–Trinajstić information content (AvgIpc) is 2.69. The number of fused-ring (bicyclic) bond motifs is 2. The highest BCUT2D eigenvalue weighted by Crippen LogP contribution is 2.67. The fourth-order valence-corrected chi connectivity index (χ4v) is 7.12. The van der Waals surface area contributed by atoms with Gasteiger partial charge >= 0.3 is 0 Å². The Labute approximate surface area is 143 Å². The van der Waals surface area contributed by atoms with Crippen LogP contribution in [-0.2, 0) is 10.8 Å². The van der Waals surface area contributed by atoms with Crippen molar-refractivity contribution in [1.29, 1.82) is 0 Å². The Balaban J connectivity index is 1.55. The van der Waals surface area contributed by atoms with E-state index in [4.69, 9.17) is 0 Å². The zero-order chi connectivity index (χ0) is 15.8. The molecular weight excluding hydrogens is 292 g/mol. The Hall–Kier alpha value is -1.64. The van der Waals surface area contributed by atoms with Crippen LogP contribution in [0.4, 0.5) is 0 Å². The molecule has 6 bridgehead atoms. The van der Waals surface area contributed by atoms with Gasteiger partial charge in [0.25, 0.3) is 0 Å². The summed E-state index contributed by atoms with van der Waals surface area (Å²) < 4.78 is 0. The van der Waals surface area contributed by atoms with Crippen molar-refractivity contribution < 1.29 is 0 Å². The fraction of sp³-hybridized carbons (Fsp3) is 0.455. The third kappa shape index (κ3) is 1.38. The Morgan fingerprint density at radius 3 is 1.46 bits per heavy atom. The Bertz CT molecular complexity index is 706. The van der Waals surface area contributed by atoms with E-state index in [1.807, 2.05) is 0 Å². The number of nitrogens with one attached hydrogen (secondary N) is 2. The SMILES string of the molecule is c1ccc(C23CC4NCC2C2CNC3CC42c2ccccc2)cc1. The maximum atomic E-state index is 3.94. The van der Waals surface area contributed by atoms with Crippen LogP contribution in [0.2, 0.25) is 0 Å². The van der Waals surface area contributed by atoms with Gasteiger partial charge in [-0.25, -0.2) is 0 Å². The zero-order valence-electron chi connectivity index (χ0n) is 13.9. The van der Waals surface area contributed by atoms with Gasteiger partial charge < -0.3 is 10.6 Å². The van der Waals surface area contributed by atoms with E-state index in [2.05, 4.69) is 71.3 Å². The molecule has 0 aromatic heterocycles. The van der Waals surface area contributed by atoms with Crippen LogP contribution in [0.5, 0.6) is 0 Å². The van der Waals surface area contributed by atoms with Crippen LogP contribution in [0.25, 0.3) is 0 Å². The summed E-state index contributed by atoms with van der Waals surface area (Å²) in [6.07, 6.45) is 2.56. The summed E-state index contributed by atoms with van der Waals surface area (Å²) in [4.78, 5) is 0. The highest BCUT2D eigenvalue weighted by molar-refractivity contribution is 5.46. The van der Waals surface area contributed by atoms with E-state index in [1.54, 1.807) is 11.1 Å². The molecule has 4 saturated heterocycles. The van der Waals surface area contributed by atoms with Gasteiger partial charge in [-0.2, -0.15) is 0 Å². The minimum absolute atomic E-state index is 0.344. The predicted molar refractivity (Wildman–Crippen MR) is 96.0 cm³/mol. The Morgan fingerprint density at radius 1 is 0.625 bits per heavy atom. The molecule has 7 fully saturated rings. The summed E-state index contributed by atoms with van der Waals surface area (Å²) in [5.41, 5.74) is 3.84. The lowest BCUT2D eigenvalue weighted by Gasteiger charge is -2.75. The molecule has 2 aromatic carbocycles. The van der Waals surface area contributed by atoms with Gasteiger partial charge in [0.05, 0.1) is 0 Å². The molecule has 4 heterocycles. The summed E-state index contributed by atoms with van der Waals surface area (Å²) in [5, 5.41) is 7.88. The first kappa shape index (κ1) is 13.6. The van der Waals surface area contributed by atoms with Crippen LogP contribution in [0.15, 0.2) is 60.7 Å².